The maximum Gasteiger partial charge on any atom is 2.00 e. The second kappa shape index (κ2) is 35.4. The van der Waals surface area contributed by atoms with E-state index in [1.54, 1.807) is 18.2 Å². The molecule has 0 unspecified atom stereocenters. The molecular weight excluding hydrogens is 635 g/mol. The fourth-order valence-corrected chi connectivity index (χ4v) is 6.49. The molecule has 0 saturated carbocycles. The van der Waals surface area contributed by atoms with Crippen LogP contribution in [0.25, 0.3) is 0 Å². The van der Waals surface area contributed by atoms with Crippen molar-refractivity contribution in [1.29, 1.82) is 0 Å². The third-order valence-corrected chi connectivity index (χ3v) is 9.54. The largest absolute Gasteiger partial charge is 2.00 e. The standard InChI is InChI=1S/C22H40O3.C18H30O3S.Al/c1-2-3-4-5-6-7-8-9-10-11-12-13-14-15-16-17-18-19-21(23)20-22(24)25;1-2-3-4-5-6-7-8-9-10-11-14-17-15-12-13-16-18(17)22(19,20)21;/h9-10H,2-8,11-20H2,1H3,(H,24,25);12-13,15-16H,2-11,14H2,1H3,(H,19,20,21);/q;;+2/p-2. The van der Waals surface area contributed by atoms with Crippen molar-refractivity contribution in [1.82, 2.24) is 0 Å². The molecule has 6 nitrogen and oxygen atoms in total. The predicted molar refractivity (Wildman–Crippen MR) is 199 cm³/mol. The predicted octanol–water partition coefficient (Wildman–Crippen LogP) is 10.2. The van der Waals surface area contributed by atoms with Gasteiger partial charge in [-0.05, 0) is 56.6 Å². The molecule has 0 saturated heterocycles. The number of Topliss-reactive ketones (excluding diaryl/α,β-unsaturated/α-hetero) is 1. The van der Waals surface area contributed by atoms with Crippen LogP contribution in [0.4, 0.5) is 0 Å². The molecule has 1 rings (SSSR count). The van der Waals surface area contributed by atoms with Gasteiger partial charge in [0, 0.05) is 18.8 Å². The average Bonchev–Trinajstić information content (AvgIpc) is 3.03. The van der Waals surface area contributed by atoms with Crippen molar-refractivity contribution in [2.24, 2.45) is 0 Å². The first-order valence-corrected chi connectivity index (χ1v) is 20.5. The van der Waals surface area contributed by atoms with E-state index in [0.717, 1.165) is 32.1 Å². The van der Waals surface area contributed by atoms with Crippen molar-refractivity contribution in [2.75, 3.05) is 0 Å². The average molecular weight is 704 g/mol. The van der Waals surface area contributed by atoms with E-state index in [4.69, 9.17) is 0 Å². The first-order valence-electron chi connectivity index (χ1n) is 19.1. The van der Waals surface area contributed by atoms with E-state index in [9.17, 15) is 27.7 Å². The molecule has 273 valence electrons. The van der Waals surface area contributed by atoms with Gasteiger partial charge in [-0.15, -0.1) is 0 Å². The summed E-state index contributed by atoms with van der Waals surface area (Å²) in [5, 5.41) is 10.3. The number of unbranched alkanes of at least 4 members (excludes halogenated alkanes) is 22. The van der Waals surface area contributed by atoms with Gasteiger partial charge in [0.2, 0.25) is 0 Å². The molecule has 0 N–H and O–H groups in total. The number of hydrogen-bond acceptors (Lipinski definition) is 6. The Labute approximate surface area is 306 Å². The van der Waals surface area contributed by atoms with Crippen LogP contribution in [0.2, 0.25) is 0 Å². The van der Waals surface area contributed by atoms with Crippen molar-refractivity contribution < 1.29 is 27.7 Å². The van der Waals surface area contributed by atoms with Crippen molar-refractivity contribution >= 4 is 39.2 Å². The molecule has 0 amide bonds. The van der Waals surface area contributed by atoms with Crippen LogP contribution in [0.15, 0.2) is 41.3 Å². The number of allylic oxidation sites excluding steroid dienone is 2. The smallest absolute Gasteiger partial charge is 0.744 e. The van der Waals surface area contributed by atoms with Crippen molar-refractivity contribution in [2.45, 2.75) is 199 Å². The van der Waals surface area contributed by atoms with E-state index >= 15 is 0 Å². The van der Waals surface area contributed by atoms with Gasteiger partial charge in [-0.3, -0.25) is 4.79 Å². The Kier molecular flexibility index (Phi) is 35.9. The summed E-state index contributed by atoms with van der Waals surface area (Å²) in [6.45, 7) is 4.49. The molecule has 1 radical (unpaired) electrons. The number of rotatable bonds is 31. The summed E-state index contributed by atoms with van der Waals surface area (Å²) in [5.41, 5.74) is 0.664. The van der Waals surface area contributed by atoms with E-state index in [-0.39, 0.29) is 28.0 Å². The Morgan fingerprint density at radius 2 is 1.00 bits per heavy atom. The number of aliphatic carboxylic acids is 1. The number of ketones is 1. The zero-order chi connectivity index (χ0) is 34.9. The first kappa shape index (κ1) is 48.7. The number of carbonyl (C=O) groups excluding carboxylic acids is 2. The summed E-state index contributed by atoms with van der Waals surface area (Å²) in [7, 11) is -4.35. The molecule has 0 bridgehead atoms. The van der Waals surface area contributed by atoms with Gasteiger partial charge in [-0.25, -0.2) is 8.42 Å². The monoisotopic (exact) mass is 703 g/mol. The van der Waals surface area contributed by atoms with Crippen LogP contribution in [0, 0.1) is 0 Å². The molecular formula is C40H68AlO6S. The van der Waals surface area contributed by atoms with Gasteiger partial charge in [0.1, 0.15) is 15.9 Å². The molecule has 0 heterocycles. The summed E-state index contributed by atoms with van der Waals surface area (Å²) in [4.78, 5) is 21.4. The van der Waals surface area contributed by atoms with Crippen LogP contribution in [0.5, 0.6) is 0 Å². The zero-order valence-corrected chi connectivity index (χ0v) is 32.7. The van der Waals surface area contributed by atoms with E-state index in [0.29, 0.717) is 18.4 Å². The minimum atomic E-state index is -4.35. The Morgan fingerprint density at radius 3 is 1.44 bits per heavy atom. The fourth-order valence-electron chi connectivity index (χ4n) is 5.75. The van der Waals surface area contributed by atoms with Gasteiger partial charge >= 0.3 is 17.4 Å². The van der Waals surface area contributed by atoms with Gasteiger partial charge in [-0.1, -0.05) is 166 Å². The van der Waals surface area contributed by atoms with Crippen molar-refractivity contribution in [3.63, 3.8) is 0 Å². The van der Waals surface area contributed by atoms with Crippen molar-refractivity contribution in [3.8, 4) is 0 Å². The molecule has 0 fully saturated rings. The molecule has 48 heavy (non-hydrogen) atoms. The van der Waals surface area contributed by atoms with Crippen LogP contribution in [0.1, 0.15) is 193 Å². The number of hydrogen-bond donors (Lipinski definition) is 0. The molecule has 1 aromatic rings. The zero-order valence-electron chi connectivity index (χ0n) is 30.7. The molecule has 0 spiro atoms. The van der Waals surface area contributed by atoms with Crippen LogP contribution < -0.4 is 5.11 Å². The Bertz CT molecular complexity index is 1020. The molecule has 0 aliphatic rings. The maximum absolute atomic E-state index is 11.2. The van der Waals surface area contributed by atoms with Crippen LogP contribution in [-0.2, 0) is 26.1 Å². The van der Waals surface area contributed by atoms with E-state index < -0.39 is 22.5 Å². The third kappa shape index (κ3) is 33.1. The maximum atomic E-state index is 11.2. The van der Waals surface area contributed by atoms with Crippen LogP contribution >= 0.6 is 0 Å². The SMILES string of the molecule is CCCCCCCCC=CCCCCCCCCCC(=O)CC(=O)[O-].CCCCCCCCCCCCc1ccccc1S(=O)(=O)[O-].[Al+2]. The fraction of sp³-hybridized carbons (Fsp3) is 0.750. The summed E-state index contributed by atoms with van der Waals surface area (Å²) in [5.74, 6) is -1.46. The quantitative estimate of drug-likeness (QED) is 0.0250. The second-order valence-electron chi connectivity index (χ2n) is 13.1. The van der Waals surface area contributed by atoms with Gasteiger partial charge in [-0.2, -0.15) is 0 Å². The van der Waals surface area contributed by atoms with Crippen LogP contribution in [0.3, 0.4) is 0 Å². The molecule has 0 atom stereocenters. The third-order valence-electron chi connectivity index (χ3n) is 8.60. The summed E-state index contributed by atoms with van der Waals surface area (Å²) < 4.78 is 33.5. The van der Waals surface area contributed by atoms with Gasteiger partial charge < -0.3 is 14.5 Å². The molecule has 0 aromatic heterocycles. The molecule has 8 heteroatoms. The molecule has 0 aliphatic heterocycles. The summed E-state index contributed by atoms with van der Waals surface area (Å²) >= 11 is 0. The van der Waals surface area contributed by atoms with E-state index in [1.165, 1.54) is 134 Å². The van der Waals surface area contributed by atoms with Gasteiger partial charge in [0.15, 0.2) is 0 Å². The summed E-state index contributed by atoms with van der Waals surface area (Å²) in [6, 6.07) is 6.56. The minimum Gasteiger partial charge on any atom is -0.744 e. The molecule has 1 aromatic carbocycles. The molecule has 0 aliphatic carbocycles. The number of carboxylic acid groups (broad SMARTS) is 1. The number of benzene rings is 1. The Balaban J connectivity index is 0. The van der Waals surface area contributed by atoms with E-state index in [2.05, 4.69) is 26.0 Å². The normalized spacial score (nSPS) is 11.2. The Morgan fingerprint density at radius 1 is 0.604 bits per heavy atom. The minimum absolute atomic E-state index is 0. The van der Waals surface area contributed by atoms with Crippen LogP contribution in [-0.4, -0.2) is 42.1 Å². The second-order valence-corrected chi connectivity index (χ2v) is 14.5. The topological polar surface area (TPSA) is 114 Å². The number of carbonyl (C=O) groups is 2. The number of aryl methyl sites for hydroxylation is 1. The number of carboxylic acids is 1. The van der Waals surface area contributed by atoms with Gasteiger partial charge in [0.05, 0.1) is 4.90 Å². The first-order chi connectivity index (χ1) is 22.7. The summed E-state index contributed by atoms with van der Waals surface area (Å²) in [6.07, 6.45) is 36.5. The van der Waals surface area contributed by atoms with E-state index in [1.807, 2.05) is 0 Å². The van der Waals surface area contributed by atoms with Crippen molar-refractivity contribution in [3.05, 3.63) is 42.0 Å². The van der Waals surface area contributed by atoms with Gasteiger partial charge in [0.25, 0.3) is 0 Å². The Hall–Kier alpha value is -1.46.